The molecule has 0 heterocycles. The number of ether oxygens (including phenoxy) is 1. The van der Waals surface area contributed by atoms with Gasteiger partial charge in [0.05, 0.1) is 6.61 Å². The first kappa shape index (κ1) is 38.1. The van der Waals surface area contributed by atoms with Crippen LogP contribution in [0.1, 0.15) is 112 Å². The van der Waals surface area contributed by atoms with E-state index in [0.717, 1.165) is 55.3 Å². The second-order valence-corrected chi connectivity index (χ2v) is 16.3. The van der Waals surface area contributed by atoms with Crippen molar-refractivity contribution in [1.29, 1.82) is 0 Å². The molecule has 0 aromatic carbocycles. The van der Waals surface area contributed by atoms with E-state index in [4.69, 9.17) is 9.84 Å². The highest BCUT2D eigenvalue weighted by Gasteiger charge is 2.59. The van der Waals surface area contributed by atoms with Gasteiger partial charge >= 0.3 is 6.09 Å². The van der Waals surface area contributed by atoms with E-state index in [2.05, 4.69) is 51.3 Å². The number of nitrogens with one attached hydrogen (secondary N) is 2. The summed E-state index contributed by atoms with van der Waals surface area (Å²) in [6.07, 6.45) is 8.07. The van der Waals surface area contributed by atoms with E-state index >= 15 is 0 Å². The first-order valence-electron chi connectivity index (χ1n) is 18.5. The minimum atomic E-state index is -1.98. The third kappa shape index (κ3) is 8.54. The quantitative estimate of drug-likeness (QED) is 0.102. The summed E-state index contributed by atoms with van der Waals surface area (Å²) >= 11 is 0. The van der Waals surface area contributed by atoms with Crippen molar-refractivity contribution in [2.75, 3.05) is 19.7 Å². The molecule has 12 atom stereocenters. The lowest BCUT2D eigenvalue weighted by Gasteiger charge is -2.58. The van der Waals surface area contributed by atoms with Crippen LogP contribution in [-0.2, 0) is 9.53 Å². The van der Waals surface area contributed by atoms with Crippen molar-refractivity contribution in [2.45, 2.75) is 142 Å². The number of aliphatic hydroxyl groups excluding tert-OH is 5. The Morgan fingerprint density at radius 3 is 2.34 bits per heavy atom. The molecule has 2 amide bonds. The van der Waals surface area contributed by atoms with E-state index in [0.29, 0.717) is 17.8 Å². The van der Waals surface area contributed by atoms with Crippen LogP contribution in [0.25, 0.3) is 0 Å². The summed E-state index contributed by atoms with van der Waals surface area (Å²) in [4.78, 5) is 24.7. The molecule has 270 valence electrons. The van der Waals surface area contributed by atoms with Crippen LogP contribution in [0.15, 0.2) is 11.6 Å². The molecule has 0 radical (unpaired) electrons. The van der Waals surface area contributed by atoms with Crippen LogP contribution in [0.4, 0.5) is 4.79 Å². The highest BCUT2D eigenvalue weighted by Crippen LogP contribution is 2.67. The maximum absolute atomic E-state index is 12.6. The smallest absolute Gasteiger partial charge is 0.407 e. The van der Waals surface area contributed by atoms with E-state index in [-0.39, 0.29) is 24.6 Å². The van der Waals surface area contributed by atoms with Crippen molar-refractivity contribution in [2.24, 2.45) is 46.3 Å². The zero-order chi connectivity index (χ0) is 34.5. The molecule has 10 nitrogen and oxygen atoms in total. The fraction of sp³-hybridized carbons (Fsp3) is 0.892. The van der Waals surface area contributed by atoms with Gasteiger partial charge in [0.2, 0.25) is 0 Å². The summed E-state index contributed by atoms with van der Waals surface area (Å²) in [7, 11) is 0. The van der Waals surface area contributed by atoms with E-state index in [9.17, 15) is 30.0 Å². The average Bonchev–Trinajstić information content (AvgIpc) is 3.40. The van der Waals surface area contributed by atoms with Gasteiger partial charge in [-0.25, -0.2) is 4.79 Å². The first-order valence-corrected chi connectivity index (χ1v) is 18.5. The molecule has 0 aliphatic heterocycles. The van der Waals surface area contributed by atoms with Crippen LogP contribution < -0.4 is 10.6 Å². The van der Waals surface area contributed by atoms with Crippen molar-refractivity contribution in [3.8, 4) is 0 Å². The molecular formula is C37H64N2O8. The minimum absolute atomic E-state index is 0.108. The molecule has 3 fully saturated rings. The molecule has 0 unspecified atom stereocenters. The van der Waals surface area contributed by atoms with Gasteiger partial charge < -0.3 is 40.9 Å². The molecule has 0 saturated heterocycles. The second-order valence-electron chi connectivity index (χ2n) is 16.3. The molecule has 0 bridgehead atoms. The van der Waals surface area contributed by atoms with Gasteiger partial charge in [0.1, 0.15) is 24.4 Å². The highest BCUT2D eigenvalue weighted by molar-refractivity contribution is 5.81. The Bertz CT molecular complexity index is 1080. The molecule has 4 aliphatic rings. The van der Waals surface area contributed by atoms with Crippen molar-refractivity contribution in [1.82, 2.24) is 10.6 Å². The SMILES string of the molecule is CC(C)CCC[C@@H](C)[C@H]1CC[C@H]2[C@@H]3CC=C4C[C@@H](OC(=O)NCCCNC(=O)[C@H](O)[C@H](O)[C@H](O)[C@H](O)CO)CC[C@]4(C)[C@H]3CC[C@]12C. The van der Waals surface area contributed by atoms with Gasteiger partial charge in [-0.15, -0.1) is 0 Å². The summed E-state index contributed by atoms with van der Waals surface area (Å²) in [5.74, 6) is 3.81. The van der Waals surface area contributed by atoms with Crippen molar-refractivity contribution in [3.63, 3.8) is 0 Å². The molecule has 7 N–H and O–H groups in total. The Labute approximate surface area is 282 Å². The van der Waals surface area contributed by atoms with Gasteiger partial charge in [-0.2, -0.15) is 0 Å². The molecule has 47 heavy (non-hydrogen) atoms. The van der Waals surface area contributed by atoms with Crippen LogP contribution in [-0.4, -0.2) is 87.7 Å². The molecular weight excluding hydrogens is 600 g/mol. The Morgan fingerprint density at radius 1 is 0.915 bits per heavy atom. The summed E-state index contributed by atoms with van der Waals surface area (Å²) in [5, 5.41) is 52.8. The molecule has 0 aromatic rings. The number of aliphatic hydroxyl groups is 5. The first-order chi connectivity index (χ1) is 22.2. The molecule has 3 saturated carbocycles. The van der Waals surface area contributed by atoms with E-state index in [1.54, 1.807) is 0 Å². The third-order valence-corrected chi connectivity index (χ3v) is 13.0. The van der Waals surface area contributed by atoms with Gasteiger partial charge in [-0.1, -0.05) is 65.5 Å². The summed E-state index contributed by atoms with van der Waals surface area (Å²) in [6, 6.07) is 0. The molecule has 4 aliphatic carbocycles. The number of hydrogen-bond acceptors (Lipinski definition) is 8. The molecule has 0 spiro atoms. The third-order valence-electron chi connectivity index (χ3n) is 13.0. The van der Waals surface area contributed by atoms with Gasteiger partial charge in [-0.05, 0) is 97.7 Å². The van der Waals surface area contributed by atoms with Crippen LogP contribution in [0.2, 0.25) is 0 Å². The largest absolute Gasteiger partial charge is 0.446 e. The van der Waals surface area contributed by atoms with Gasteiger partial charge in [0, 0.05) is 19.5 Å². The number of rotatable bonds is 15. The fourth-order valence-corrected chi connectivity index (χ4v) is 10.2. The van der Waals surface area contributed by atoms with Crippen molar-refractivity contribution >= 4 is 12.0 Å². The number of hydrogen-bond donors (Lipinski definition) is 7. The monoisotopic (exact) mass is 664 g/mol. The number of amides is 2. The van der Waals surface area contributed by atoms with Crippen molar-refractivity contribution in [3.05, 3.63) is 11.6 Å². The van der Waals surface area contributed by atoms with Gasteiger partial charge in [0.15, 0.2) is 6.10 Å². The number of alkyl carbamates (subject to hydrolysis) is 1. The van der Waals surface area contributed by atoms with Crippen LogP contribution in [0.5, 0.6) is 0 Å². The van der Waals surface area contributed by atoms with Gasteiger partial charge in [-0.3, -0.25) is 4.79 Å². The maximum atomic E-state index is 12.6. The number of fused-ring (bicyclic) bond motifs is 5. The standard InChI is InChI=1S/C37H64N2O8/c1-22(2)8-6-9-23(3)27-12-13-28-26-11-10-24-20-25(14-16-36(24,4)29(26)15-17-37(27,28)5)47-35(46)39-19-7-18-38-34(45)33(44)32(43)31(42)30(41)21-40/h10,22-23,25-33,40-44H,6-9,11-21H2,1-5H3,(H,38,45)(H,39,46)/t23-,25+,26+,27-,28+,29+,30-,31-,32-,33-,36+,37-/m1/s1. The number of carbonyl (C=O) groups is 2. The zero-order valence-electron chi connectivity index (χ0n) is 29.5. The highest BCUT2D eigenvalue weighted by atomic mass is 16.6. The van der Waals surface area contributed by atoms with E-state index in [1.807, 2.05) is 0 Å². The average molecular weight is 665 g/mol. The number of allylic oxidation sites excluding steroid dienone is 1. The topological polar surface area (TPSA) is 169 Å². The van der Waals surface area contributed by atoms with Crippen LogP contribution in [0.3, 0.4) is 0 Å². The minimum Gasteiger partial charge on any atom is -0.446 e. The molecule has 0 aromatic heterocycles. The predicted molar refractivity (Wildman–Crippen MR) is 180 cm³/mol. The van der Waals surface area contributed by atoms with Gasteiger partial charge in [0.25, 0.3) is 5.91 Å². The molecule has 4 rings (SSSR count). The summed E-state index contributed by atoms with van der Waals surface area (Å²) in [6.45, 7) is 11.8. The zero-order valence-corrected chi connectivity index (χ0v) is 29.5. The van der Waals surface area contributed by atoms with Crippen LogP contribution in [0, 0.1) is 46.3 Å². The summed E-state index contributed by atoms with van der Waals surface area (Å²) < 4.78 is 5.83. The van der Waals surface area contributed by atoms with E-state index < -0.39 is 43.0 Å². The Kier molecular flexibility index (Phi) is 13.2. The fourth-order valence-electron chi connectivity index (χ4n) is 10.2. The Hall–Kier alpha value is -1.72. The maximum Gasteiger partial charge on any atom is 0.407 e. The van der Waals surface area contributed by atoms with E-state index in [1.165, 1.54) is 50.5 Å². The predicted octanol–water partition coefficient (Wildman–Crippen LogP) is 4.06. The second kappa shape index (κ2) is 16.3. The number of carbonyl (C=O) groups excluding carboxylic acids is 2. The molecule has 10 heteroatoms. The lowest BCUT2D eigenvalue weighted by molar-refractivity contribution is -0.148. The van der Waals surface area contributed by atoms with Crippen molar-refractivity contribution < 1.29 is 39.9 Å². The Morgan fingerprint density at radius 2 is 1.64 bits per heavy atom. The Balaban J connectivity index is 1.21. The van der Waals surface area contributed by atoms with Crippen LogP contribution >= 0.6 is 0 Å². The summed E-state index contributed by atoms with van der Waals surface area (Å²) in [5.41, 5.74) is 2.13. The lowest BCUT2D eigenvalue weighted by Crippen LogP contribution is -2.51. The normalized spacial score (nSPS) is 35.0. The lowest BCUT2D eigenvalue weighted by atomic mass is 9.47.